The van der Waals surface area contributed by atoms with Crippen molar-refractivity contribution in [2.45, 2.75) is 25.5 Å². The fourth-order valence-corrected chi connectivity index (χ4v) is 2.59. The van der Waals surface area contributed by atoms with E-state index >= 15 is 0 Å². The molecular formula is C13H17ClN2O2. The van der Waals surface area contributed by atoms with Gasteiger partial charge in [-0.1, -0.05) is 18.2 Å². The summed E-state index contributed by atoms with van der Waals surface area (Å²) in [6, 6.07) is 8.27. The van der Waals surface area contributed by atoms with Crippen molar-refractivity contribution in [3.63, 3.8) is 0 Å². The first-order chi connectivity index (χ1) is 8.36. The Balaban J connectivity index is 0.00000120. The molecule has 0 aromatic heterocycles. The number of ether oxygens (including phenoxy) is 1. The summed E-state index contributed by atoms with van der Waals surface area (Å²) in [5.41, 5.74) is 2.13. The fraction of sp³-hybridized carbons (Fsp3) is 0.462. The molecule has 2 aliphatic rings. The van der Waals surface area contributed by atoms with Crippen molar-refractivity contribution in [2.75, 3.05) is 18.0 Å². The standard InChI is InChI=1S/C13H16N2O2.ClH/c16-13-15(11-5-7-14-8-6-11)12-4-2-1-3-10(12)9-17-13;/h1-4,11,14H,5-9H2;1H. The second-order valence-electron chi connectivity index (χ2n) is 4.53. The third-order valence-corrected chi connectivity index (χ3v) is 3.47. The minimum atomic E-state index is -0.199. The molecule has 0 aliphatic carbocycles. The van der Waals surface area contributed by atoms with Crippen LogP contribution >= 0.6 is 12.4 Å². The van der Waals surface area contributed by atoms with Gasteiger partial charge in [0, 0.05) is 11.6 Å². The lowest BCUT2D eigenvalue weighted by molar-refractivity contribution is 0.137. The first-order valence-electron chi connectivity index (χ1n) is 6.11. The molecule has 1 fully saturated rings. The molecule has 0 bridgehead atoms. The molecule has 1 N–H and O–H groups in total. The summed E-state index contributed by atoms with van der Waals surface area (Å²) in [6.45, 7) is 2.34. The fourth-order valence-electron chi connectivity index (χ4n) is 2.59. The van der Waals surface area contributed by atoms with Crippen LogP contribution in [0.15, 0.2) is 24.3 Å². The first kappa shape index (κ1) is 13.2. The van der Waals surface area contributed by atoms with Gasteiger partial charge >= 0.3 is 6.09 Å². The van der Waals surface area contributed by atoms with Crippen molar-refractivity contribution in [1.82, 2.24) is 5.32 Å². The van der Waals surface area contributed by atoms with Crippen LogP contribution in [0.5, 0.6) is 0 Å². The highest BCUT2D eigenvalue weighted by Gasteiger charge is 2.32. The first-order valence-corrected chi connectivity index (χ1v) is 6.11. The molecule has 18 heavy (non-hydrogen) atoms. The molecule has 98 valence electrons. The van der Waals surface area contributed by atoms with Gasteiger partial charge in [-0.2, -0.15) is 0 Å². The van der Waals surface area contributed by atoms with Gasteiger partial charge < -0.3 is 10.1 Å². The Morgan fingerprint density at radius 2 is 1.94 bits per heavy atom. The van der Waals surface area contributed by atoms with Gasteiger partial charge in [-0.25, -0.2) is 4.79 Å². The van der Waals surface area contributed by atoms with Crippen molar-refractivity contribution in [3.05, 3.63) is 29.8 Å². The van der Waals surface area contributed by atoms with Crippen molar-refractivity contribution >= 4 is 24.2 Å². The minimum absolute atomic E-state index is 0. The average molecular weight is 269 g/mol. The monoisotopic (exact) mass is 268 g/mol. The summed E-state index contributed by atoms with van der Waals surface area (Å²) < 4.78 is 5.24. The SMILES string of the molecule is Cl.O=C1OCc2ccccc2N1C1CCNCC1. The zero-order chi connectivity index (χ0) is 11.7. The number of halogens is 1. The van der Waals surface area contributed by atoms with E-state index < -0.39 is 0 Å². The number of nitrogens with zero attached hydrogens (tertiary/aromatic N) is 1. The zero-order valence-electron chi connectivity index (χ0n) is 10.1. The Morgan fingerprint density at radius 3 is 2.72 bits per heavy atom. The second kappa shape index (κ2) is 5.59. The number of fused-ring (bicyclic) bond motifs is 1. The molecule has 0 saturated carbocycles. The minimum Gasteiger partial charge on any atom is -0.444 e. The maximum absolute atomic E-state index is 11.9. The third kappa shape index (κ3) is 2.31. The molecule has 1 aromatic rings. The predicted octanol–water partition coefficient (Wildman–Crippen LogP) is 2.32. The van der Waals surface area contributed by atoms with Gasteiger partial charge in [0.25, 0.3) is 0 Å². The summed E-state index contributed by atoms with van der Waals surface area (Å²) in [6.07, 6.45) is 1.78. The van der Waals surface area contributed by atoms with Crippen LogP contribution in [0.4, 0.5) is 10.5 Å². The molecule has 0 unspecified atom stereocenters. The summed E-state index contributed by atoms with van der Waals surface area (Å²) in [4.78, 5) is 13.8. The number of carbonyl (C=O) groups excluding carboxylic acids is 1. The lowest BCUT2D eigenvalue weighted by Crippen LogP contribution is -2.48. The number of hydrogen-bond acceptors (Lipinski definition) is 3. The van der Waals surface area contributed by atoms with E-state index in [-0.39, 0.29) is 24.5 Å². The Bertz CT molecular complexity index is 433. The van der Waals surface area contributed by atoms with E-state index in [0.717, 1.165) is 37.2 Å². The maximum atomic E-state index is 11.9. The average Bonchev–Trinajstić information content (AvgIpc) is 2.39. The van der Waals surface area contributed by atoms with E-state index in [1.165, 1.54) is 0 Å². The van der Waals surface area contributed by atoms with Gasteiger partial charge in [0.15, 0.2) is 0 Å². The quantitative estimate of drug-likeness (QED) is 0.850. The van der Waals surface area contributed by atoms with Gasteiger partial charge in [-0.15, -0.1) is 12.4 Å². The van der Waals surface area contributed by atoms with Gasteiger partial charge in [0.05, 0.1) is 5.69 Å². The molecule has 1 saturated heterocycles. The van der Waals surface area contributed by atoms with Gasteiger partial charge in [-0.05, 0) is 32.0 Å². The number of amides is 1. The highest BCUT2D eigenvalue weighted by atomic mass is 35.5. The van der Waals surface area contributed by atoms with Crippen LogP contribution in [0.25, 0.3) is 0 Å². The molecule has 1 aromatic carbocycles. The Hall–Kier alpha value is -1.26. The summed E-state index contributed by atoms with van der Waals surface area (Å²) in [5.74, 6) is 0. The molecular weight excluding hydrogens is 252 g/mol. The van der Waals surface area contributed by atoms with Gasteiger partial charge in [0.1, 0.15) is 6.61 Å². The molecule has 5 heteroatoms. The van der Waals surface area contributed by atoms with E-state index in [2.05, 4.69) is 5.32 Å². The molecule has 0 radical (unpaired) electrons. The van der Waals surface area contributed by atoms with Crippen molar-refractivity contribution in [3.8, 4) is 0 Å². The summed E-state index contributed by atoms with van der Waals surface area (Å²) in [5, 5.41) is 3.31. The normalized spacial score (nSPS) is 19.8. The summed E-state index contributed by atoms with van der Waals surface area (Å²) >= 11 is 0. The highest BCUT2D eigenvalue weighted by Crippen LogP contribution is 2.30. The molecule has 1 amide bonds. The highest BCUT2D eigenvalue weighted by molar-refractivity contribution is 5.91. The number of benzene rings is 1. The number of anilines is 1. The van der Waals surface area contributed by atoms with Crippen molar-refractivity contribution in [2.24, 2.45) is 0 Å². The Labute approximate surface area is 113 Å². The Morgan fingerprint density at radius 1 is 1.22 bits per heavy atom. The lowest BCUT2D eigenvalue weighted by atomic mass is 10.0. The van der Waals surface area contributed by atoms with Gasteiger partial charge in [0.2, 0.25) is 0 Å². The molecule has 4 nitrogen and oxygen atoms in total. The smallest absolute Gasteiger partial charge is 0.414 e. The van der Waals surface area contributed by atoms with E-state index in [9.17, 15) is 4.79 Å². The van der Waals surface area contributed by atoms with Crippen molar-refractivity contribution in [1.29, 1.82) is 0 Å². The van der Waals surface area contributed by atoms with Gasteiger partial charge in [-0.3, -0.25) is 4.90 Å². The molecule has 0 spiro atoms. The van der Waals surface area contributed by atoms with Crippen molar-refractivity contribution < 1.29 is 9.53 Å². The second-order valence-corrected chi connectivity index (χ2v) is 4.53. The molecule has 2 heterocycles. The number of cyclic esters (lactones) is 1. The number of para-hydroxylation sites is 1. The maximum Gasteiger partial charge on any atom is 0.414 e. The third-order valence-electron chi connectivity index (χ3n) is 3.47. The number of hydrogen-bond donors (Lipinski definition) is 1. The summed E-state index contributed by atoms with van der Waals surface area (Å²) in [7, 11) is 0. The number of nitrogens with one attached hydrogen (secondary N) is 1. The van der Waals surface area contributed by atoms with E-state index in [1.807, 2.05) is 29.2 Å². The zero-order valence-corrected chi connectivity index (χ0v) is 10.9. The molecule has 0 atom stereocenters. The Kier molecular flexibility index (Phi) is 4.09. The molecule has 2 aliphatic heterocycles. The largest absolute Gasteiger partial charge is 0.444 e. The number of piperidine rings is 1. The number of rotatable bonds is 1. The van der Waals surface area contributed by atoms with E-state index in [0.29, 0.717) is 6.61 Å². The van der Waals surface area contributed by atoms with Crippen LogP contribution in [0.3, 0.4) is 0 Å². The van der Waals surface area contributed by atoms with Crippen LogP contribution < -0.4 is 10.2 Å². The van der Waals surface area contributed by atoms with E-state index in [1.54, 1.807) is 0 Å². The van der Waals surface area contributed by atoms with Crippen LogP contribution in [0, 0.1) is 0 Å². The molecule has 3 rings (SSSR count). The lowest BCUT2D eigenvalue weighted by Gasteiger charge is -2.37. The van der Waals surface area contributed by atoms with Crippen LogP contribution in [-0.2, 0) is 11.3 Å². The topological polar surface area (TPSA) is 41.6 Å². The van der Waals surface area contributed by atoms with Crippen LogP contribution in [-0.4, -0.2) is 25.2 Å². The van der Waals surface area contributed by atoms with E-state index in [4.69, 9.17) is 4.74 Å². The predicted molar refractivity (Wildman–Crippen MR) is 72.2 cm³/mol. The van der Waals surface area contributed by atoms with Crippen LogP contribution in [0.2, 0.25) is 0 Å². The van der Waals surface area contributed by atoms with Crippen LogP contribution in [0.1, 0.15) is 18.4 Å². The number of carbonyl (C=O) groups is 1.